The van der Waals surface area contributed by atoms with Crippen molar-refractivity contribution in [2.24, 2.45) is 0 Å². The van der Waals surface area contributed by atoms with Gasteiger partial charge < -0.3 is 5.11 Å². The number of halogens is 2. The molecule has 2 rings (SSSR count). The lowest BCUT2D eigenvalue weighted by molar-refractivity contribution is -0.139. The second kappa shape index (κ2) is 6.88. The molecule has 0 aliphatic carbocycles. The largest absolute Gasteiger partial charge is 0.480 e. The summed E-state index contributed by atoms with van der Waals surface area (Å²) in [6.45, 7) is 0.478. The highest BCUT2D eigenvalue weighted by Crippen LogP contribution is 2.26. The van der Waals surface area contributed by atoms with Gasteiger partial charge in [-0.1, -0.05) is 48.0 Å². The number of carboxylic acids is 1. The number of hydrogen-bond acceptors (Lipinski definition) is 2. The Morgan fingerprint density at radius 3 is 2.55 bits per heavy atom. The van der Waals surface area contributed by atoms with Crippen molar-refractivity contribution < 1.29 is 9.90 Å². The van der Waals surface area contributed by atoms with Crippen LogP contribution >= 0.6 is 27.5 Å². The van der Waals surface area contributed by atoms with Gasteiger partial charge in [-0.25, -0.2) is 0 Å². The number of hydrogen-bond donors (Lipinski definition) is 2. The van der Waals surface area contributed by atoms with E-state index in [-0.39, 0.29) is 0 Å². The normalized spacial score (nSPS) is 12.1. The van der Waals surface area contributed by atoms with E-state index in [1.54, 1.807) is 18.2 Å². The van der Waals surface area contributed by atoms with Crippen molar-refractivity contribution in [2.75, 3.05) is 0 Å². The van der Waals surface area contributed by atoms with Crippen LogP contribution < -0.4 is 5.32 Å². The fraction of sp³-hybridized carbons (Fsp3) is 0.133. The van der Waals surface area contributed by atoms with Gasteiger partial charge in [0.2, 0.25) is 0 Å². The van der Waals surface area contributed by atoms with Gasteiger partial charge in [0.25, 0.3) is 0 Å². The van der Waals surface area contributed by atoms with Gasteiger partial charge in [-0.15, -0.1) is 0 Å². The molecule has 0 bridgehead atoms. The summed E-state index contributed by atoms with van der Waals surface area (Å²) >= 11 is 9.30. The van der Waals surface area contributed by atoms with Crippen molar-refractivity contribution in [3.8, 4) is 0 Å². The molecule has 2 aromatic rings. The second-order valence-corrected chi connectivity index (χ2v) is 5.57. The highest BCUT2D eigenvalue weighted by atomic mass is 79.9. The molecule has 0 aromatic heterocycles. The minimum atomic E-state index is -0.931. The molecule has 3 nitrogen and oxygen atoms in total. The van der Waals surface area contributed by atoms with Gasteiger partial charge >= 0.3 is 5.97 Å². The summed E-state index contributed by atoms with van der Waals surface area (Å²) in [5.74, 6) is -0.931. The van der Waals surface area contributed by atoms with Crippen molar-refractivity contribution >= 4 is 33.5 Å². The summed E-state index contributed by atoms with van der Waals surface area (Å²) < 4.78 is 0.745. The Hall–Kier alpha value is -1.36. The standard InChI is InChI=1S/C15H13BrClNO2/c16-12-7-6-11(8-13(12)17)14(15(19)20)18-9-10-4-2-1-3-5-10/h1-8,14,18H,9H2,(H,19,20). The zero-order chi connectivity index (χ0) is 14.5. The van der Waals surface area contributed by atoms with E-state index in [0.29, 0.717) is 17.1 Å². The highest BCUT2D eigenvalue weighted by Gasteiger charge is 2.19. The van der Waals surface area contributed by atoms with Gasteiger partial charge in [-0.05, 0) is 39.2 Å². The van der Waals surface area contributed by atoms with Gasteiger partial charge in [0.1, 0.15) is 6.04 Å². The molecule has 104 valence electrons. The lowest BCUT2D eigenvalue weighted by atomic mass is 10.1. The van der Waals surface area contributed by atoms with Crippen LogP contribution in [0.5, 0.6) is 0 Å². The summed E-state index contributed by atoms with van der Waals surface area (Å²) in [4.78, 5) is 11.4. The van der Waals surface area contributed by atoms with Crippen LogP contribution in [0.1, 0.15) is 17.2 Å². The Kier molecular flexibility index (Phi) is 5.17. The average Bonchev–Trinajstić information content (AvgIpc) is 2.43. The first kappa shape index (κ1) is 15.0. The summed E-state index contributed by atoms with van der Waals surface area (Å²) in [6, 6.07) is 14.0. The molecule has 0 saturated carbocycles. The van der Waals surface area contributed by atoms with Crippen molar-refractivity contribution in [1.82, 2.24) is 5.32 Å². The minimum Gasteiger partial charge on any atom is -0.480 e. The molecule has 0 aliphatic rings. The maximum atomic E-state index is 11.4. The first-order valence-corrected chi connectivity index (χ1v) is 7.20. The van der Waals surface area contributed by atoms with Crippen LogP contribution in [0, 0.1) is 0 Å². The molecule has 0 saturated heterocycles. The summed E-state index contributed by atoms with van der Waals surface area (Å²) in [5.41, 5.74) is 1.66. The number of carbonyl (C=O) groups is 1. The third-order valence-electron chi connectivity index (χ3n) is 2.88. The fourth-order valence-corrected chi connectivity index (χ4v) is 2.29. The molecule has 2 aromatic carbocycles. The Labute approximate surface area is 130 Å². The van der Waals surface area contributed by atoms with E-state index in [1.165, 1.54) is 0 Å². The zero-order valence-corrected chi connectivity index (χ0v) is 12.9. The van der Waals surface area contributed by atoms with Crippen molar-refractivity contribution in [1.29, 1.82) is 0 Å². The van der Waals surface area contributed by atoms with Crippen molar-refractivity contribution in [2.45, 2.75) is 12.6 Å². The number of rotatable bonds is 5. The molecule has 20 heavy (non-hydrogen) atoms. The van der Waals surface area contributed by atoms with E-state index >= 15 is 0 Å². The van der Waals surface area contributed by atoms with Crippen LogP contribution in [-0.4, -0.2) is 11.1 Å². The summed E-state index contributed by atoms with van der Waals surface area (Å²) in [5, 5.41) is 12.9. The lowest BCUT2D eigenvalue weighted by Crippen LogP contribution is -2.28. The van der Waals surface area contributed by atoms with Crippen LogP contribution in [-0.2, 0) is 11.3 Å². The summed E-state index contributed by atoms with van der Waals surface area (Å²) in [7, 11) is 0. The molecule has 0 fully saturated rings. The van der Waals surface area contributed by atoms with Crippen LogP contribution in [0.25, 0.3) is 0 Å². The van der Waals surface area contributed by atoms with E-state index in [4.69, 9.17) is 11.6 Å². The molecule has 0 spiro atoms. The lowest BCUT2D eigenvalue weighted by Gasteiger charge is -2.15. The molecular formula is C15H13BrClNO2. The Morgan fingerprint density at radius 2 is 1.95 bits per heavy atom. The maximum absolute atomic E-state index is 11.4. The third kappa shape index (κ3) is 3.82. The van der Waals surface area contributed by atoms with Crippen LogP contribution in [0.15, 0.2) is 53.0 Å². The van der Waals surface area contributed by atoms with Gasteiger partial charge in [0.15, 0.2) is 0 Å². The second-order valence-electron chi connectivity index (χ2n) is 4.31. The van der Waals surface area contributed by atoms with Crippen molar-refractivity contribution in [3.63, 3.8) is 0 Å². The monoisotopic (exact) mass is 353 g/mol. The molecule has 1 atom stereocenters. The number of carboxylic acid groups (broad SMARTS) is 1. The van der Waals surface area contributed by atoms with Gasteiger partial charge in [0, 0.05) is 11.0 Å². The first-order valence-electron chi connectivity index (χ1n) is 6.03. The van der Waals surface area contributed by atoms with Crippen LogP contribution in [0.3, 0.4) is 0 Å². The molecular weight excluding hydrogens is 342 g/mol. The van der Waals surface area contributed by atoms with Crippen molar-refractivity contribution in [3.05, 3.63) is 69.2 Å². The number of aliphatic carboxylic acids is 1. The Balaban J connectivity index is 2.15. The average molecular weight is 355 g/mol. The van der Waals surface area contributed by atoms with E-state index in [1.807, 2.05) is 30.3 Å². The smallest absolute Gasteiger partial charge is 0.325 e. The molecule has 0 heterocycles. The number of benzene rings is 2. The Morgan fingerprint density at radius 1 is 1.25 bits per heavy atom. The topological polar surface area (TPSA) is 49.3 Å². The SMILES string of the molecule is O=C(O)C(NCc1ccccc1)c1ccc(Br)c(Cl)c1. The number of nitrogens with one attached hydrogen (secondary N) is 1. The molecule has 0 radical (unpaired) electrons. The minimum absolute atomic E-state index is 0.478. The first-order chi connectivity index (χ1) is 9.58. The van der Waals surface area contributed by atoms with E-state index in [2.05, 4.69) is 21.2 Å². The molecule has 0 amide bonds. The van der Waals surface area contributed by atoms with Crippen LogP contribution in [0.4, 0.5) is 0 Å². The molecule has 0 aliphatic heterocycles. The van der Waals surface area contributed by atoms with Gasteiger partial charge in [-0.3, -0.25) is 10.1 Å². The van der Waals surface area contributed by atoms with E-state index in [9.17, 15) is 9.90 Å². The van der Waals surface area contributed by atoms with Crippen LogP contribution in [0.2, 0.25) is 5.02 Å². The van der Waals surface area contributed by atoms with E-state index < -0.39 is 12.0 Å². The quantitative estimate of drug-likeness (QED) is 0.852. The van der Waals surface area contributed by atoms with Gasteiger partial charge in [0.05, 0.1) is 5.02 Å². The van der Waals surface area contributed by atoms with Gasteiger partial charge in [-0.2, -0.15) is 0 Å². The molecule has 5 heteroatoms. The zero-order valence-electron chi connectivity index (χ0n) is 10.5. The molecule has 2 N–H and O–H groups in total. The molecule has 1 unspecified atom stereocenters. The predicted octanol–water partition coefficient (Wildman–Crippen LogP) is 4.02. The van der Waals surface area contributed by atoms with E-state index in [0.717, 1.165) is 10.0 Å². The third-order valence-corrected chi connectivity index (χ3v) is 4.11. The highest BCUT2D eigenvalue weighted by molar-refractivity contribution is 9.10. The predicted molar refractivity (Wildman–Crippen MR) is 82.8 cm³/mol. The summed E-state index contributed by atoms with van der Waals surface area (Å²) in [6.07, 6.45) is 0. The Bertz CT molecular complexity index is 604. The fourth-order valence-electron chi connectivity index (χ4n) is 1.86. The maximum Gasteiger partial charge on any atom is 0.325 e.